The van der Waals surface area contributed by atoms with Gasteiger partial charge < -0.3 is 15.2 Å². The molecule has 1 heterocycles. The minimum absolute atomic E-state index is 0.0900. The Labute approximate surface area is 91.0 Å². The largest absolute Gasteiger partial charge is 0.388 e. The molecular formula is C11H21NO3. The van der Waals surface area contributed by atoms with E-state index in [-0.39, 0.29) is 12.0 Å². The van der Waals surface area contributed by atoms with Crippen molar-refractivity contribution in [3.8, 4) is 0 Å². The monoisotopic (exact) mass is 215 g/mol. The summed E-state index contributed by atoms with van der Waals surface area (Å²) in [5.74, 6) is -0.0900. The van der Waals surface area contributed by atoms with Gasteiger partial charge in [0.25, 0.3) is 0 Å². The fourth-order valence-corrected chi connectivity index (χ4v) is 1.65. The van der Waals surface area contributed by atoms with E-state index in [1.807, 2.05) is 13.8 Å². The summed E-state index contributed by atoms with van der Waals surface area (Å²) in [5.41, 5.74) is -0.770. The maximum absolute atomic E-state index is 11.6. The number of ether oxygens (including phenoxy) is 1. The summed E-state index contributed by atoms with van der Waals surface area (Å²) in [6, 6.07) is 0. The molecule has 0 aliphatic carbocycles. The van der Waals surface area contributed by atoms with Crippen LogP contribution in [0.25, 0.3) is 0 Å². The lowest BCUT2D eigenvalue weighted by atomic mass is 9.97. The summed E-state index contributed by atoms with van der Waals surface area (Å²) in [7, 11) is 0. The summed E-state index contributed by atoms with van der Waals surface area (Å²) in [5, 5.41) is 12.7. The van der Waals surface area contributed by atoms with Gasteiger partial charge in [-0.1, -0.05) is 13.8 Å². The number of nitrogens with one attached hydrogen (secondary N) is 1. The summed E-state index contributed by atoms with van der Waals surface area (Å²) in [6.45, 7) is 4.83. The van der Waals surface area contributed by atoms with Crippen molar-refractivity contribution in [2.75, 3.05) is 13.2 Å². The molecule has 1 atom stereocenters. The van der Waals surface area contributed by atoms with Crippen molar-refractivity contribution in [3.63, 3.8) is 0 Å². The molecule has 0 aromatic rings. The number of carbonyl (C=O) groups is 1. The van der Waals surface area contributed by atoms with Crippen LogP contribution in [0.1, 0.15) is 39.5 Å². The normalized spacial score (nSPS) is 21.7. The molecule has 1 fully saturated rings. The maximum atomic E-state index is 11.6. The minimum Gasteiger partial charge on any atom is -0.388 e. The van der Waals surface area contributed by atoms with Crippen LogP contribution in [0.4, 0.5) is 0 Å². The van der Waals surface area contributed by atoms with Crippen molar-refractivity contribution in [2.24, 2.45) is 0 Å². The van der Waals surface area contributed by atoms with E-state index in [4.69, 9.17) is 4.74 Å². The van der Waals surface area contributed by atoms with E-state index in [9.17, 15) is 9.90 Å². The van der Waals surface area contributed by atoms with Crippen molar-refractivity contribution in [3.05, 3.63) is 0 Å². The summed E-state index contributed by atoms with van der Waals surface area (Å²) in [6.07, 6.45) is 2.74. The fourth-order valence-electron chi connectivity index (χ4n) is 1.65. The number of rotatable bonds is 5. The molecule has 1 saturated heterocycles. The van der Waals surface area contributed by atoms with Crippen molar-refractivity contribution >= 4 is 5.91 Å². The zero-order valence-electron chi connectivity index (χ0n) is 9.58. The van der Waals surface area contributed by atoms with Gasteiger partial charge in [0, 0.05) is 13.2 Å². The van der Waals surface area contributed by atoms with Crippen LogP contribution in [0, 0.1) is 0 Å². The van der Waals surface area contributed by atoms with Crippen molar-refractivity contribution < 1.29 is 14.6 Å². The molecule has 4 heteroatoms. The molecular weight excluding hydrogens is 194 g/mol. The number of aliphatic hydroxyl groups is 1. The van der Waals surface area contributed by atoms with Crippen LogP contribution in [-0.2, 0) is 9.53 Å². The van der Waals surface area contributed by atoms with E-state index < -0.39 is 5.60 Å². The average Bonchev–Trinajstić information content (AvgIpc) is 2.79. The quantitative estimate of drug-likeness (QED) is 0.714. The van der Waals surface area contributed by atoms with Crippen molar-refractivity contribution in [1.82, 2.24) is 5.32 Å². The Morgan fingerprint density at radius 1 is 1.53 bits per heavy atom. The van der Waals surface area contributed by atoms with Gasteiger partial charge in [-0.15, -0.1) is 0 Å². The zero-order chi connectivity index (χ0) is 11.3. The molecule has 0 bridgehead atoms. The Balaban J connectivity index is 2.32. The Kier molecular flexibility index (Phi) is 4.54. The van der Waals surface area contributed by atoms with Crippen LogP contribution >= 0.6 is 0 Å². The highest BCUT2D eigenvalue weighted by molar-refractivity contribution is 5.81. The smallest absolute Gasteiger partial charge is 0.249 e. The van der Waals surface area contributed by atoms with Crippen LogP contribution in [0.2, 0.25) is 0 Å². The third-order valence-corrected chi connectivity index (χ3v) is 3.13. The second-order valence-electron chi connectivity index (χ2n) is 4.15. The Morgan fingerprint density at radius 3 is 2.67 bits per heavy atom. The number of hydrogen-bond acceptors (Lipinski definition) is 3. The molecule has 4 nitrogen and oxygen atoms in total. The van der Waals surface area contributed by atoms with E-state index in [1.54, 1.807) is 0 Å². The molecule has 1 amide bonds. The van der Waals surface area contributed by atoms with E-state index in [0.29, 0.717) is 26.0 Å². The van der Waals surface area contributed by atoms with Gasteiger partial charge in [0.15, 0.2) is 0 Å². The summed E-state index contributed by atoms with van der Waals surface area (Å²) >= 11 is 0. The molecule has 1 rings (SSSR count). The molecule has 0 unspecified atom stereocenters. The van der Waals surface area contributed by atoms with E-state index >= 15 is 0 Å². The van der Waals surface area contributed by atoms with Crippen molar-refractivity contribution in [2.45, 2.75) is 51.2 Å². The van der Waals surface area contributed by atoms with Gasteiger partial charge in [0.05, 0.1) is 5.60 Å². The van der Waals surface area contributed by atoms with Crippen LogP contribution in [0.15, 0.2) is 0 Å². The number of amides is 1. The first kappa shape index (κ1) is 12.5. The molecule has 0 aromatic carbocycles. The number of carbonyl (C=O) groups excluding carboxylic acids is 1. The average molecular weight is 215 g/mol. The highest BCUT2D eigenvalue weighted by Crippen LogP contribution is 2.15. The lowest BCUT2D eigenvalue weighted by Gasteiger charge is -2.26. The third-order valence-electron chi connectivity index (χ3n) is 3.13. The van der Waals surface area contributed by atoms with Gasteiger partial charge in [0.1, 0.15) is 6.10 Å². The first-order chi connectivity index (χ1) is 7.11. The highest BCUT2D eigenvalue weighted by Gasteiger charge is 2.27. The van der Waals surface area contributed by atoms with Gasteiger partial charge in [0.2, 0.25) is 5.91 Å². The Hall–Kier alpha value is -0.610. The highest BCUT2D eigenvalue weighted by atomic mass is 16.5. The molecule has 2 N–H and O–H groups in total. The summed E-state index contributed by atoms with van der Waals surface area (Å²) < 4.78 is 5.25. The second-order valence-corrected chi connectivity index (χ2v) is 4.15. The van der Waals surface area contributed by atoms with Crippen LogP contribution in [-0.4, -0.2) is 35.9 Å². The molecule has 88 valence electrons. The number of hydrogen-bond donors (Lipinski definition) is 2. The van der Waals surface area contributed by atoms with Crippen molar-refractivity contribution in [1.29, 1.82) is 0 Å². The molecule has 15 heavy (non-hydrogen) atoms. The molecule has 0 aromatic heterocycles. The van der Waals surface area contributed by atoms with Gasteiger partial charge in [-0.05, 0) is 25.7 Å². The predicted octanol–water partition coefficient (Wildman–Crippen LogP) is 0.833. The minimum atomic E-state index is -0.770. The zero-order valence-corrected chi connectivity index (χ0v) is 9.58. The van der Waals surface area contributed by atoms with Gasteiger partial charge in [-0.2, -0.15) is 0 Å². The molecule has 0 radical (unpaired) electrons. The van der Waals surface area contributed by atoms with Gasteiger partial charge in [-0.3, -0.25) is 4.79 Å². The van der Waals surface area contributed by atoms with Crippen LogP contribution in [0.3, 0.4) is 0 Å². The topological polar surface area (TPSA) is 58.6 Å². The van der Waals surface area contributed by atoms with E-state index in [1.165, 1.54) is 0 Å². The molecule has 1 aliphatic heterocycles. The second kappa shape index (κ2) is 5.47. The fraction of sp³-hybridized carbons (Fsp3) is 0.909. The third kappa shape index (κ3) is 3.47. The molecule has 1 aliphatic rings. The SMILES string of the molecule is CCC(O)(CC)CNC(=O)[C@H]1CCCO1. The van der Waals surface area contributed by atoms with Crippen LogP contribution in [0.5, 0.6) is 0 Å². The molecule has 0 saturated carbocycles. The van der Waals surface area contributed by atoms with Crippen LogP contribution < -0.4 is 5.32 Å². The molecule has 0 spiro atoms. The first-order valence-electron chi connectivity index (χ1n) is 5.73. The Bertz CT molecular complexity index is 208. The summed E-state index contributed by atoms with van der Waals surface area (Å²) in [4.78, 5) is 11.6. The Morgan fingerprint density at radius 2 is 2.20 bits per heavy atom. The van der Waals surface area contributed by atoms with E-state index in [2.05, 4.69) is 5.32 Å². The van der Waals surface area contributed by atoms with E-state index in [0.717, 1.165) is 12.8 Å². The predicted molar refractivity (Wildman–Crippen MR) is 57.5 cm³/mol. The first-order valence-corrected chi connectivity index (χ1v) is 5.73. The lowest BCUT2D eigenvalue weighted by Crippen LogP contribution is -2.45. The standard InChI is InChI=1S/C11H21NO3/c1-3-11(14,4-2)8-12-10(13)9-6-5-7-15-9/h9,14H,3-8H2,1-2H3,(H,12,13)/t9-/m1/s1. The lowest BCUT2D eigenvalue weighted by molar-refractivity contribution is -0.131. The maximum Gasteiger partial charge on any atom is 0.249 e. The van der Waals surface area contributed by atoms with Gasteiger partial charge in [-0.25, -0.2) is 0 Å². The van der Waals surface area contributed by atoms with Gasteiger partial charge >= 0.3 is 0 Å².